The highest BCUT2D eigenvalue weighted by molar-refractivity contribution is 7.99. The third kappa shape index (κ3) is 2.74. The van der Waals surface area contributed by atoms with Crippen molar-refractivity contribution in [3.63, 3.8) is 0 Å². The van der Waals surface area contributed by atoms with Gasteiger partial charge in [0.15, 0.2) is 11.0 Å². The fourth-order valence-corrected chi connectivity index (χ4v) is 2.37. The molecule has 6 heteroatoms. The van der Waals surface area contributed by atoms with E-state index in [1.807, 2.05) is 30.3 Å². The number of hydrogen-bond donors (Lipinski definition) is 2. The molecule has 0 atom stereocenters. The van der Waals surface area contributed by atoms with Gasteiger partial charge in [-0.15, -0.1) is 0 Å². The van der Waals surface area contributed by atoms with Crippen molar-refractivity contribution >= 4 is 17.6 Å². The van der Waals surface area contributed by atoms with Gasteiger partial charge in [0.05, 0.1) is 0 Å². The lowest BCUT2D eigenvalue weighted by atomic mass is 10.2. The Morgan fingerprint density at radius 3 is 2.68 bits per heavy atom. The topological polar surface area (TPSA) is 80.5 Å². The number of nitrogens with zero attached hydrogens (tertiary/aromatic N) is 3. The van der Waals surface area contributed by atoms with Crippen LogP contribution in [0.5, 0.6) is 0 Å². The third-order valence-electron chi connectivity index (χ3n) is 2.43. The second-order valence-corrected chi connectivity index (χ2v) is 4.83. The molecule has 0 amide bonds. The van der Waals surface area contributed by atoms with Gasteiger partial charge in [0, 0.05) is 24.0 Å². The minimum absolute atomic E-state index is 0.447. The Morgan fingerprint density at radius 1 is 1.11 bits per heavy atom. The van der Waals surface area contributed by atoms with Crippen LogP contribution >= 0.6 is 11.8 Å². The van der Waals surface area contributed by atoms with Gasteiger partial charge in [0.25, 0.3) is 0 Å². The van der Waals surface area contributed by atoms with E-state index in [0.29, 0.717) is 11.6 Å². The van der Waals surface area contributed by atoms with Crippen molar-refractivity contribution < 1.29 is 0 Å². The van der Waals surface area contributed by atoms with Crippen LogP contribution in [0.15, 0.2) is 59.0 Å². The standard InChI is InChI=1S/C13H11N5S/c14-10-8-11(19-13-15-6-7-16-13)18-12(17-10)9-4-2-1-3-5-9/h1-8H,(H,15,16)(H2,14,17,18). The van der Waals surface area contributed by atoms with Crippen LogP contribution in [0.2, 0.25) is 0 Å². The van der Waals surface area contributed by atoms with Gasteiger partial charge in [-0.1, -0.05) is 30.3 Å². The predicted molar refractivity (Wildman–Crippen MR) is 74.6 cm³/mol. The number of anilines is 1. The molecule has 3 aromatic rings. The van der Waals surface area contributed by atoms with E-state index in [1.165, 1.54) is 11.8 Å². The molecule has 3 N–H and O–H groups in total. The van der Waals surface area contributed by atoms with Gasteiger partial charge in [-0.05, 0) is 11.8 Å². The minimum Gasteiger partial charge on any atom is -0.384 e. The zero-order valence-electron chi connectivity index (χ0n) is 9.95. The molecule has 0 bridgehead atoms. The molecule has 0 saturated heterocycles. The van der Waals surface area contributed by atoms with Crippen molar-refractivity contribution in [1.82, 2.24) is 19.9 Å². The van der Waals surface area contributed by atoms with Gasteiger partial charge in [-0.2, -0.15) is 0 Å². The molecular formula is C13H11N5S. The first-order chi connectivity index (χ1) is 9.31. The number of imidazole rings is 1. The minimum atomic E-state index is 0.447. The Kier molecular flexibility index (Phi) is 3.16. The molecule has 0 saturated carbocycles. The quantitative estimate of drug-likeness (QED) is 0.714. The fraction of sp³-hybridized carbons (Fsp3) is 0. The molecule has 5 nitrogen and oxygen atoms in total. The van der Waals surface area contributed by atoms with Gasteiger partial charge >= 0.3 is 0 Å². The summed E-state index contributed by atoms with van der Waals surface area (Å²) in [4.78, 5) is 15.9. The van der Waals surface area contributed by atoms with Gasteiger partial charge < -0.3 is 10.7 Å². The summed E-state index contributed by atoms with van der Waals surface area (Å²) in [6.45, 7) is 0. The normalized spacial score (nSPS) is 10.5. The molecule has 0 fully saturated rings. The van der Waals surface area contributed by atoms with Gasteiger partial charge in [0.1, 0.15) is 10.8 Å². The first-order valence-corrected chi connectivity index (χ1v) is 6.50. The third-order valence-corrected chi connectivity index (χ3v) is 3.26. The summed E-state index contributed by atoms with van der Waals surface area (Å²) in [5.74, 6) is 1.07. The number of hydrogen-bond acceptors (Lipinski definition) is 5. The van der Waals surface area contributed by atoms with Crippen molar-refractivity contribution in [2.75, 3.05) is 5.73 Å². The molecule has 1 aromatic carbocycles. The zero-order chi connectivity index (χ0) is 13.1. The van der Waals surface area contributed by atoms with Crippen LogP contribution in [0.25, 0.3) is 11.4 Å². The number of nitrogens with one attached hydrogen (secondary N) is 1. The van der Waals surface area contributed by atoms with E-state index in [0.717, 1.165) is 15.7 Å². The number of rotatable bonds is 3. The maximum Gasteiger partial charge on any atom is 0.171 e. The lowest BCUT2D eigenvalue weighted by Crippen LogP contribution is -1.97. The monoisotopic (exact) mass is 269 g/mol. The van der Waals surface area contributed by atoms with E-state index in [1.54, 1.807) is 18.5 Å². The predicted octanol–water partition coefficient (Wildman–Crippen LogP) is 2.60. The van der Waals surface area contributed by atoms with Crippen LogP contribution in [-0.2, 0) is 0 Å². The number of nitrogens with two attached hydrogens (primary N) is 1. The van der Waals surface area contributed by atoms with E-state index in [2.05, 4.69) is 19.9 Å². The first-order valence-electron chi connectivity index (χ1n) is 5.68. The number of aromatic amines is 1. The summed E-state index contributed by atoms with van der Waals surface area (Å²) in [6, 6.07) is 11.5. The highest BCUT2D eigenvalue weighted by Gasteiger charge is 2.07. The molecule has 2 heterocycles. The lowest BCUT2D eigenvalue weighted by molar-refractivity contribution is 1.02. The maximum absolute atomic E-state index is 5.83. The molecule has 3 rings (SSSR count). The van der Waals surface area contributed by atoms with E-state index in [-0.39, 0.29) is 0 Å². The lowest BCUT2D eigenvalue weighted by Gasteiger charge is -2.04. The summed E-state index contributed by atoms with van der Waals surface area (Å²) < 4.78 is 0. The summed E-state index contributed by atoms with van der Waals surface area (Å²) in [5, 5.41) is 1.54. The Balaban J connectivity index is 1.97. The van der Waals surface area contributed by atoms with Crippen LogP contribution in [0.4, 0.5) is 5.82 Å². The summed E-state index contributed by atoms with van der Waals surface area (Å²) in [5.41, 5.74) is 6.77. The SMILES string of the molecule is Nc1cc(Sc2ncc[nH]2)nc(-c2ccccc2)n1. The Morgan fingerprint density at radius 2 is 1.95 bits per heavy atom. The van der Waals surface area contributed by atoms with Crippen LogP contribution in [-0.4, -0.2) is 19.9 Å². The van der Waals surface area contributed by atoms with Crippen LogP contribution in [0.1, 0.15) is 0 Å². The molecule has 2 aromatic heterocycles. The molecule has 0 radical (unpaired) electrons. The highest BCUT2D eigenvalue weighted by Crippen LogP contribution is 2.26. The molecular weight excluding hydrogens is 258 g/mol. The van der Waals surface area contributed by atoms with Crippen LogP contribution in [0, 0.1) is 0 Å². The molecule has 19 heavy (non-hydrogen) atoms. The number of nitrogen functional groups attached to an aromatic ring is 1. The Bertz CT molecular complexity index is 667. The second kappa shape index (κ2) is 5.11. The molecule has 0 aliphatic heterocycles. The van der Waals surface area contributed by atoms with Crippen molar-refractivity contribution in [3.05, 3.63) is 48.8 Å². The Hall–Kier alpha value is -2.34. The van der Waals surface area contributed by atoms with Crippen molar-refractivity contribution in [1.29, 1.82) is 0 Å². The van der Waals surface area contributed by atoms with E-state index < -0.39 is 0 Å². The van der Waals surface area contributed by atoms with E-state index in [9.17, 15) is 0 Å². The summed E-state index contributed by atoms with van der Waals surface area (Å²) in [7, 11) is 0. The number of benzene rings is 1. The van der Waals surface area contributed by atoms with Crippen molar-refractivity contribution in [2.45, 2.75) is 10.2 Å². The second-order valence-electron chi connectivity index (χ2n) is 3.82. The summed E-state index contributed by atoms with van der Waals surface area (Å²) in [6.07, 6.45) is 3.47. The number of H-pyrrole nitrogens is 1. The van der Waals surface area contributed by atoms with Crippen molar-refractivity contribution in [3.8, 4) is 11.4 Å². The molecule has 0 unspecified atom stereocenters. The molecule has 94 valence electrons. The average Bonchev–Trinajstić information content (AvgIpc) is 2.92. The highest BCUT2D eigenvalue weighted by atomic mass is 32.2. The van der Waals surface area contributed by atoms with Gasteiger partial charge in [0.2, 0.25) is 0 Å². The molecule has 0 aliphatic rings. The van der Waals surface area contributed by atoms with Crippen molar-refractivity contribution in [2.24, 2.45) is 0 Å². The van der Waals surface area contributed by atoms with Crippen LogP contribution in [0.3, 0.4) is 0 Å². The van der Waals surface area contributed by atoms with E-state index >= 15 is 0 Å². The van der Waals surface area contributed by atoms with E-state index in [4.69, 9.17) is 5.73 Å². The largest absolute Gasteiger partial charge is 0.384 e. The van der Waals surface area contributed by atoms with Gasteiger partial charge in [-0.3, -0.25) is 0 Å². The fourth-order valence-electron chi connectivity index (χ4n) is 1.62. The Labute approximate surface area is 114 Å². The smallest absolute Gasteiger partial charge is 0.171 e. The average molecular weight is 269 g/mol. The van der Waals surface area contributed by atoms with Gasteiger partial charge in [-0.25, -0.2) is 15.0 Å². The summed E-state index contributed by atoms with van der Waals surface area (Å²) >= 11 is 1.42. The zero-order valence-corrected chi connectivity index (χ0v) is 10.8. The maximum atomic E-state index is 5.83. The molecule has 0 aliphatic carbocycles. The molecule has 0 spiro atoms. The first kappa shape index (κ1) is 11.7. The van der Waals surface area contributed by atoms with Crippen LogP contribution < -0.4 is 5.73 Å². The number of aromatic nitrogens is 4.